The highest BCUT2D eigenvalue weighted by Gasteiger charge is 2.12. The van der Waals surface area contributed by atoms with Crippen LogP contribution in [-0.2, 0) is 11.2 Å². The van der Waals surface area contributed by atoms with Gasteiger partial charge in [0.05, 0.1) is 12.5 Å². The van der Waals surface area contributed by atoms with E-state index in [0.29, 0.717) is 11.3 Å². The molecular formula is C16H17FN2O. The molecule has 2 aromatic rings. The van der Waals surface area contributed by atoms with E-state index in [1.54, 1.807) is 18.2 Å². The number of nitrogens with one attached hydrogen (secondary N) is 1. The molecule has 0 aromatic heterocycles. The topological polar surface area (TPSA) is 55.1 Å². The Morgan fingerprint density at radius 2 is 2.00 bits per heavy atom. The summed E-state index contributed by atoms with van der Waals surface area (Å²) in [5.41, 5.74) is 8.04. The summed E-state index contributed by atoms with van der Waals surface area (Å²) >= 11 is 0. The van der Waals surface area contributed by atoms with Gasteiger partial charge in [0, 0.05) is 5.69 Å². The first-order valence-electron chi connectivity index (χ1n) is 6.44. The van der Waals surface area contributed by atoms with Crippen LogP contribution in [0.4, 0.5) is 10.1 Å². The van der Waals surface area contributed by atoms with Crippen molar-refractivity contribution in [2.45, 2.75) is 19.4 Å². The molecule has 0 saturated carbocycles. The number of anilines is 1. The molecular weight excluding hydrogens is 255 g/mol. The molecule has 1 unspecified atom stereocenters. The first-order valence-corrected chi connectivity index (χ1v) is 6.44. The summed E-state index contributed by atoms with van der Waals surface area (Å²) in [7, 11) is 0. The van der Waals surface area contributed by atoms with Gasteiger partial charge in [0.15, 0.2) is 0 Å². The number of carbonyl (C=O) groups excluding carboxylic acids is 1. The van der Waals surface area contributed by atoms with E-state index in [2.05, 4.69) is 5.32 Å². The second kappa shape index (κ2) is 6.19. The van der Waals surface area contributed by atoms with Crippen molar-refractivity contribution in [3.05, 3.63) is 65.5 Å². The van der Waals surface area contributed by atoms with E-state index in [1.165, 1.54) is 12.1 Å². The highest BCUT2D eigenvalue weighted by molar-refractivity contribution is 5.79. The fraction of sp³-hybridized carbons (Fsp3) is 0.188. The maximum absolute atomic E-state index is 13.0. The summed E-state index contributed by atoms with van der Waals surface area (Å²) in [4.78, 5) is 11.9. The highest BCUT2D eigenvalue weighted by atomic mass is 19.1. The average Bonchev–Trinajstić information content (AvgIpc) is 2.38. The fourth-order valence-corrected chi connectivity index (χ4v) is 2.11. The first kappa shape index (κ1) is 14.1. The predicted molar refractivity (Wildman–Crippen MR) is 77.5 cm³/mol. The number of hydrogen-bond acceptors (Lipinski definition) is 2. The number of nitrogen functional groups attached to an aromatic ring is 1. The summed E-state index contributed by atoms with van der Waals surface area (Å²) in [5, 5.41) is 2.86. The molecule has 1 atom stereocenters. The smallest absolute Gasteiger partial charge is 0.224 e. The van der Waals surface area contributed by atoms with Gasteiger partial charge in [-0.05, 0) is 36.2 Å². The van der Waals surface area contributed by atoms with Gasteiger partial charge in [-0.25, -0.2) is 4.39 Å². The number of nitrogens with two attached hydrogens (primary N) is 1. The van der Waals surface area contributed by atoms with Crippen LogP contribution in [0, 0.1) is 5.82 Å². The van der Waals surface area contributed by atoms with E-state index < -0.39 is 0 Å². The molecule has 3 N–H and O–H groups in total. The van der Waals surface area contributed by atoms with E-state index >= 15 is 0 Å². The lowest BCUT2D eigenvalue weighted by Gasteiger charge is -2.16. The number of benzene rings is 2. The molecule has 3 nitrogen and oxygen atoms in total. The van der Waals surface area contributed by atoms with Crippen LogP contribution in [-0.4, -0.2) is 5.91 Å². The second-order valence-electron chi connectivity index (χ2n) is 4.72. The lowest BCUT2D eigenvalue weighted by Crippen LogP contribution is -2.28. The summed E-state index contributed by atoms with van der Waals surface area (Å²) < 4.78 is 13.0. The van der Waals surface area contributed by atoms with Gasteiger partial charge < -0.3 is 11.1 Å². The van der Waals surface area contributed by atoms with Gasteiger partial charge in [0.25, 0.3) is 0 Å². The largest absolute Gasteiger partial charge is 0.398 e. The van der Waals surface area contributed by atoms with Gasteiger partial charge in [0.2, 0.25) is 5.91 Å². The Morgan fingerprint density at radius 3 is 2.70 bits per heavy atom. The van der Waals surface area contributed by atoms with E-state index in [0.717, 1.165) is 5.56 Å². The van der Waals surface area contributed by atoms with Crippen LogP contribution in [0.25, 0.3) is 0 Å². The van der Waals surface area contributed by atoms with Crippen molar-refractivity contribution < 1.29 is 9.18 Å². The van der Waals surface area contributed by atoms with Crippen molar-refractivity contribution in [2.24, 2.45) is 0 Å². The summed E-state index contributed by atoms with van der Waals surface area (Å²) in [6.45, 7) is 1.87. The number of para-hydroxylation sites is 1. The van der Waals surface area contributed by atoms with Crippen molar-refractivity contribution in [1.29, 1.82) is 0 Å². The minimum atomic E-state index is -0.337. The Hall–Kier alpha value is -2.36. The van der Waals surface area contributed by atoms with Crippen molar-refractivity contribution in [2.75, 3.05) is 5.73 Å². The van der Waals surface area contributed by atoms with Crippen LogP contribution in [0.2, 0.25) is 0 Å². The van der Waals surface area contributed by atoms with Crippen molar-refractivity contribution in [1.82, 2.24) is 5.32 Å². The number of amides is 1. The third-order valence-electron chi connectivity index (χ3n) is 3.09. The Balaban J connectivity index is 2.00. The maximum atomic E-state index is 13.0. The van der Waals surface area contributed by atoms with Crippen molar-refractivity contribution in [3.63, 3.8) is 0 Å². The molecule has 104 valence electrons. The minimum Gasteiger partial charge on any atom is -0.398 e. The first-order chi connectivity index (χ1) is 9.56. The lowest BCUT2D eigenvalue weighted by molar-refractivity contribution is -0.121. The molecule has 0 aliphatic rings. The van der Waals surface area contributed by atoms with E-state index in [9.17, 15) is 9.18 Å². The third kappa shape index (κ3) is 3.57. The standard InChI is InChI=1S/C16H17FN2O/c1-11(14-7-2-3-8-15(14)18)19-16(20)10-12-5-4-6-13(17)9-12/h2-9,11H,10,18H2,1H3,(H,19,20). The van der Waals surface area contributed by atoms with Crippen LogP contribution >= 0.6 is 0 Å². The van der Waals surface area contributed by atoms with Crippen LogP contribution in [0.1, 0.15) is 24.1 Å². The highest BCUT2D eigenvalue weighted by Crippen LogP contribution is 2.19. The van der Waals surface area contributed by atoms with Gasteiger partial charge in [-0.15, -0.1) is 0 Å². The van der Waals surface area contributed by atoms with Gasteiger partial charge in [-0.2, -0.15) is 0 Å². The molecule has 4 heteroatoms. The number of carbonyl (C=O) groups is 1. The Morgan fingerprint density at radius 1 is 1.25 bits per heavy atom. The van der Waals surface area contributed by atoms with E-state index in [1.807, 2.05) is 25.1 Å². The van der Waals surface area contributed by atoms with Crippen LogP contribution < -0.4 is 11.1 Å². The predicted octanol–water partition coefficient (Wildman–Crippen LogP) is 2.83. The molecule has 20 heavy (non-hydrogen) atoms. The van der Waals surface area contributed by atoms with Gasteiger partial charge in [-0.3, -0.25) is 4.79 Å². The Bertz CT molecular complexity index is 613. The van der Waals surface area contributed by atoms with Crippen molar-refractivity contribution in [3.8, 4) is 0 Å². The number of halogens is 1. The Kier molecular flexibility index (Phi) is 4.35. The molecule has 0 spiro atoms. The number of hydrogen-bond donors (Lipinski definition) is 2. The van der Waals surface area contributed by atoms with E-state index in [4.69, 9.17) is 5.73 Å². The zero-order valence-electron chi connectivity index (χ0n) is 11.3. The zero-order chi connectivity index (χ0) is 14.5. The second-order valence-corrected chi connectivity index (χ2v) is 4.72. The molecule has 0 bridgehead atoms. The SMILES string of the molecule is CC(NC(=O)Cc1cccc(F)c1)c1ccccc1N. The minimum absolute atomic E-state index is 0.148. The van der Waals surface area contributed by atoms with E-state index in [-0.39, 0.29) is 24.2 Å². The molecule has 0 aliphatic heterocycles. The normalized spacial score (nSPS) is 11.9. The summed E-state index contributed by atoms with van der Waals surface area (Å²) in [6.07, 6.45) is 0.148. The lowest BCUT2D eigenvalue weighted by atomic mass is 10.1. The van der Waals surface area contributed by atoms with Gasteiger partial charge in [0.1, 0.15) is 5.82 Å². The molecule has 2 aromatic carbocycles. The maximum Gasteiger partial charge on any atom is 0.224 e. The molecule has 1 amide bonds. The average molecular weight is 272 g/mol. The van der Waals surface area contributed by atoms with Crippen LogP contribution in [0.3, 0.4) is 0 Å². The fourth-order valence-electron chi connectivity index (χ4n) is 2.11. The molecule has 0 heterocycles. The monoisotopic (exact) mass is 272 g/mol. The van der Waals surface area contributed by atoms with Gasteiger partial charge >= 0.3 is 0 Å². The zero-order valence-corrected chi connectivity index (χ0v) is 11.3. The van der Waals surface area contributed by atoms with Crippen molar-refractivity contribution >= 4 is 11.6 Å². The number of rotatable bonds is 4. The Labute approximate surface area is 117 Å². The molecule has 0 aliphatic carbocycles. The van der Waals surface area contributed by atoms with Gasteiger partial charge in [-0.1, -0.05) is 30.3 Å². The summed E-state index contributed by atoms with van der Waals surface area (Å²) in [6, 6.07) is 13.3. The van der Waals surface area contributed by atoms with Crippen LogP contribution in [0.5, 0.6) is 0 Å². The molecule has 2 rings (SSSR count). The third-order valence-corrected chi connectivity index (χ3v) is 3.09. The molecule has 0 radical (unpaired) electrons. The molecule has 0 fully saturated rings. The molecule has 0 saturated heterocycles. The summed E-state index contributed by atoms with van der Waals surface area (Å²) in [5.74, 6) is -0.498. The van der Waals surface area contributed by atoms with Crippen LogP contribution in [0.15, 0.2) is 48.5 Å². The quantitative estimate of drug-likeness (QED) is 0.841.